The second kappa shape index (κ2) is 6.91. The predicted molar refractivity (Wildman–Crippen MR) is 91.5 cm³/mol. The molecule has 0 heterocycles. The Hall–Kier alpha value is -0.900. The quantitative estimate of drug-likeness (QED) is 0.615. The molecule has 2 nitrogen and oxygen atoms in total. The van der Waals surface area contributed by atoms with Gasteiger partial charge in [-0.2, -0.15) is 0 Å². The number of hydrogen-bond donors (Lipinski definition) is 0. The van der Waals surface area contributed by atoms with Crippen molar-refractivity contribution in [3.05, 3.63) is 57.1 Å². The van der Waals surface area contributed by atoms with Crippen molar-refractivity contribution in [1.29, 1.82) is 0 Å². The maximum absolute atomic E-state index is 6.32. The molecule has 0 saturated heterocycles. The summed E-state index contributed by atoms with van der Waals surface area (Å²) in [6, 6.07) is 9.59. The lowest BCUT2D eigenvalue weighted by Gasteiger charge is -2.19. The van der Waals surface area contributed by atoms with Crippen LogP contribution < -0.4 is 9.47 Å². The van der Waals surface area contributed by atoms with Gasteiger partial charge in [0, 0.05) is 10.6 Å². The van der Waals surface area contributed by atoms with Gasteiger partial charge in [0.25, 0.3) is 0 Å². The third-order valence-electron chi connectivity index (χ3n) is 3.37. The summed E-state index contributed by atoms with van der Waals surface area (Å²) in [5, 5.41) is 1.19. The molecule has 2 aromatic rings. The number of methoxy groups -OCH3 is 2. The highest BCUT2D eigenvalue weighted by atomic mass is 79.9. The van der Waals surface area contributed by atoms with Gasteiger partial charge in [-0.05, 0) is 30.2 Å². The normalized spacial score (nSPS) is 12.1. The van der Waals surface area contributed by atoms with Crippen molar-refractivity contribution in [3.63, 3.8) is 0 Å². The van der Waals surface area contributed by atoms with Gasteiger partial charge in [0.15, 0.2) is 0 Å². The Morgan fingerprint density at radius 1 is 1.00 bits per heavy atom. The van der Waals surface area contributed by atoms with Crippen LogP contribution in [0.25, 0.3) is 0 Å². The van der Waals surface area contributed by atoms with Crippen LogP contribution in [-0.2, 0) is 0 Å². The Bertz CT molecular complexity index is 659. The van der Waals surface area contributed by atoms with E-state index in [1.54, 1.807) is 14.2 Å². The van der Waals surface area contributed by atoms with E-state index in [1.165, 1.54) is 0 Å². The Balaban J connectivity index is 2.56. The van der Waals surface area contributed by atoms with Gasteiger partial charge in [0.05, 0.1) is 19.0 Å². The largest absolute Gasteiger partial charge is 0.495 e. The van der Waals surface area contributed by atoms with E-state index in [0.29, 0.717) is 16.5 Å². The minimum absolute atomic E-state index is 0.0745. The van der Waals surface area contributed by atoms with Crippen LogP contribution in [0, 0.1) is 6.92 Å². The molecule has 0 spiro atoms. The van der Waals surface area contributed by atoms with Gasteiger partial charge in [-0.25, -0.2) is 0 Å². The first-order valence-corrected chi connectivity index (χ1v) is 7.97. The zero-order valence-electron chi connectivity index (χ0n) is 11.9. The lowest BCUT2D eigenvalue weighted by molar-refractivity contribution is 0.392. The minimum atomic E-state index is -0.0745. The average molecular weight is 390 g/mol. The molecule has 2 rings (SSSR count). The van der Waals surface area contributed by atoms with Crippen LogP contribution in [0.1, 0.15) is 21.5 Å². The molecule has 1 atom stereocenters. The molecule has 0 N–H and O–H groups in total. The third kappa shape index (κ3) is 3.15. The zero-order chi connectivity index (χ0) is 15.6. The van der Waals surface area contributed by atoms with E-state index >= 15 is 0 Å². The van der Waals surface area contributed by atoms with Crippen LogP contribution in [-0.4, -0.2) is 14.2 Å². The first kappa shape index (κ1) is 16.5. The number of halogens is 3. The van der Waals surface area contributed by atoms with E-state index in [0.717, 1.165) is 21.7 Å². The Morgan fingerprint density at radius 2 is 1.71 bits per heavy atom. The van der Waals surface area contributed by atoms with Gasteiger partial charge in [0.1, 0.15) is 16.5 Å². The highest BCUT2D eigenvalue weighted by Crippen LogP contribution is 2.45. The van der Waals surface area contributed by atoms with E-state index in [-0.39, 0.29) is 4.83 Å². The summed E-state index contributed by atoms with van der Waals surface area (Å²) in [6.45, 7) is 1.99. The van der Waals surface area contributed by atoms with E-state index in [4.69, 9.17) is 32.7 Å². The highest BCUT2D eigenvalue weighted by molar-refractivity contribution is 9.09. The summed E-state index contributed by atoms with van der Waals surface area (Å²) in [7, 11) is 3.17. The molecule has 112 valence electrons. The van der Waals surface area contributed by atoms with Crippen molar-refractivity contribution in [3.8, 4) is 11.5 Å². The van der Waals surface area contributed by atoms with Crippen molar-refractivity contribution >= 4 is 39.1 Å². The molecular weight excluding hydrogens is 375 g/mol. The van der Waals surface area contributed by atoms with E-state index < -0.39 is 0 Å². The second-order valence-corrected chi connectivity index (χ2v) is 6.22. The summed E-state index contributed by atoms with van der Waals surface area (Å²) < 4.78 is 10.7. The smallest absolute Gasteiger partial charge is 0.145 e. The van der Waals surface area contributed by atoms with Gasteiger partial charge in [-0.1, -0.05) is 57.3 Å². The number of benzene rings is 2. The summed E-state index contributed by atoms with van der Waals surface area (Å²) in [4.78, 5) is -0.0745. The van der Waals surface area contributed by atoms with Gasteiger partial charge in [0.2, 0.25) is 0 Å². The lowest BCUT2D eigenvalue weighted by Crippen LogP contribution is -2.01. The van der Waals surface area contributed by atoms with Crippen LogP contribution in [0.4, 0.5) is 0 Å². The molecule has 0 aliphatic rings. The maximum Gasteiger partial charge on any atom is 0.145 e. The maximum atomic E-state index is 6.32. The van der Waals surface area contributed by atoms with Crippen molar-refractivity contribution in [2.75, 3.05) is 14.2 Å². The molecule has 0 amide bonds. The first-order chi connectivity index (χ1) is 10.0. The van der Waals surface area contributed by atoms with Gasteiger partial charge in [-0.3, -0.25) is 0 Å². The van der Waals surface area contributed by atoms with E-state index in [2.05, 4.69) is 15.9 Å². The van der Waals surface area contributed by atoms with Crippen LogP contribution in [0.15, 0.2) is 30.3 Å². The monoisotopic (exact) mass is 388 g/mol. The topological polar surface area (TPSA) is 18.5 Å². The number of hydrogen-bond acceptors (Lipinski definition) is 2. The third-order valence-corrected chi connectivity index (χ3v) is 5.13. The molecule has 5 heteroatoms. The van der Waals surface area contributed by atoms with Crippen LogP contribution in [0.3, 0.4) is 0 Å². The molecule has 0 aliphatic carbocycles. The van der Waals surface area contributed by atoms with Gasteiger partial charge < -0.3 is 9.47 Å². The zero-order valence-corrected chi connectivity index (χ0v) is 15.0. The fraction of sp³-hybridized carbons (Fsp3) is 0.250. The molecular formula is C16H15BrCl2O2. The minimum Gasteiger partial charge on any atom is -0.495 e. The van der Waals surface area contributed by atoms with Crippen LogP contribution in [0.5, 0.6) is 11.5 Å². The Labute approximate surface area is 143 Å². The molecule has 2 aromatic carbocycles. The van der Waals surface area contributed by atoms with E-state index in [9.17, 15) is 0 Å². The van der Waals surface area contributed by atoms with Crippen LogP contribution >= 0.6 is 39.1 Å². The first-order valence-electron chi connectivity index (χ1n) is 6.30. The van der Waals surface area contributed by atoms with Crippen molar-refractivity contribution in [1.82, 2.24) is 0 Å². The van der Waals surface area contributed by atoms with Crippen LogP contribution in [0.2, 0.25) is 10.0 Å². The number of ether oxygens (including phenoxy) is 2. The summed E-state index contributed by atoms with van der Waals surface area (Å²) >= 11 is 16.2. The lowest BCUT2D eigenvalue weighted by atomic mass is 9.99. The summed E-state index contributed by atoms with van der Waals surface area (Å²) in [5.74, 6) is 1.18. The highest BCUT2D eigenvalue weighted by Gasteiger charge is 2.21. The molecule has 1 unspecified atom stereocenters. The Kier molecular flexibility index (Phi) is 5.42. The van der Waals surface area contributed by atoms with Crippen molar-refractivity contribution in [2.24, 2.45) is 0 Å². The summed E-state index contributed by atoms with van der Waals surface area (Å²) in [5.41, 5.74) is 3.02. The molecule has 0 aliphatic heterocycles. The molecule has 0 saturated carbocycles. The van der Waals surface area contributed by atoms with Gasteiger partial charge in [-0.15, -0.1) is 0 Å². The molecule has 21 heavy (non-hydrogen) atoms. The fourth-order valence-corrected chi connectivity index (χ4v) is 3.55. The predicted octanol–water partition coefficient (Wildman–Crippen LogP) is 5.80. The molecule has 0 radical (unpaired) electrons. The number of alkyl halides is 1. The molecule has 0 fully saturated rings. The van der Waals surface area contributed by atoms with Crippen molar-refractivity contribution in [2.45, 2.75) is 11.8 Å². The second-order valence-electron chi connectivity index (χ2n) is 4.52. The van der Waals surface area contributed by atoms with E-state index in [1.807, 2.05) is 37.3 Å². The Morgan fingerprint density at radius 3 is 2.33 bits per heavy atom. The van der Waals surface area contributed by atoms with Crippen molar-refractivity contribution < 1.29 is 9.47 Å². The standard InChI is InChI=1S/C16H15BrCl2O2/c1-9-10(5-4-6-12(9)18)14(17)11-7-8-13(20-2)15(19)16(11)21-3/h4-8,14H,1-3H3. The molecule has 0 bridgehead atoms. The fourth-order valence-electron chi connectivity index (χ4n) is 2.18. The molecule has 0 aromatic heterocycles. The number of rotatable bonds is 4. The summed E-state index contributed by atoms with van der Waals surface area (Å²) in [6.07, 6.45) is 0. The SMILES string of the molecule is COc1ccc(C(Br)c2cccc(Cl)c2C)c(OC)c1Cl. The average Bonchev–Trinajstić information content (AvgIpc) is 2.49. The van der Waals surface area contributed by atoms with Gasteiger partial charge >= 0.3 is 0 Å².